The standard InChI is InChI=1S/C14H20FNO3S/c1-3-14(5-4-6-14)16-20(18,19)13-8-11(9-17)7-12(15)10(13)2/h7-8,16-17H,3-6,9H2,1-2H3. The summed E-state index contributed by atoms with van der Waals surface area (Å²) in [5.41, 5.74) is -0.0512. The maximum Gasteiger partial charge on any atom is 0.241 e. The highest BCUT2D eigenvalue weighted by atomic mass is 32.2. The van der Waals surface area contributed by atoms with E-state index in [1.807, 2.05) is 6.92 Å². The summed E-state index contributed by atoms with van der Waals surface area (Å²) < 4.78 is 41.4. The monoisotopic (exact) mass is 301 g/mol. The van der Waals surface area contributed by atoms with Gasteiger partial charge in [0.1, 0.15) is 5.82 Å². The van der Waals surface area contributed by atoms with Gasteiger partial charge in [-0.2, -0.15) is 0 Å². The van der Waals surface area contributed by atoms with E-state index in [4.69, 9.17) is 5.11 Å². The van der Waals surface area contributed by atoms with Crippen LogP contribution < -0.4 is 4.72 Å². The van der Waals surface area contributed by atoms with Gasteiger partial charge in [-0.3, -0.25) is 0 Å². The molecule has 1 saturated carbocycles. The van der Waals surface area contributed by atoms with Crippen LogP contribution in [0.1, 0.15) is 43.7 Å². The molecule has 1 aliphatic carbocycles. The summed E-state index contributed by atoms with van der Waals surface area (Å²) in [6.45, 7) is 2.99. The van der Waals surface area contributed by atoms with Gasteiger partial charge in [-0.15, -0.1) is 0 Å². The van der Waals surface area contributed by atoms with Gasteiger partial charge in [-0.1, -0.05) is 6.92 Å². The number of sulfonamides is 1. The molecule has 20 heavy (non-hydrogen) atoms. The summed E-state index contributed by atoms with van der Waals surface area (Å²) in [6.07, 6.45) is 3.34. The molecule has 112 valence electrons. The Morgan fingerprint density at radius 1 is 1.40 bits per heavy atom. The van der Waals surface area contributed by atoms with Crippen molar-refractivity contribution in [3.63, 3.8) is 0 Å². The Morgan fingerprint density at radius 3 is 2.50 bits per heavy atom. The molecule has 2 N–H and O–H groups in total. The summed E-state index contributed by atoms with van der Waals surface area (Å²) in [4.78, 5) is -0.0822. The van der Waals surface area contributed by atoms with E-state index >= 15 is 0 Å². The van der Waals surface area contributed by atoms with E-state index in [9.17, 15) is 12.8 Å². The first-order valence-corrected chi connectivity index (χ1v) is 8.26. The van der Waals surface area contributed by atoms with Crippen LogP contribution >= 0.6 is 0 Å². The van der Waals surface area contributed by atoms with Crippen LogP contribution in [-0.2, 0) is 16.6 Å². The van der Waals surface area contributed by atoms with Crippen molar-refractivity contribution in [2.24, 2.45) is 0 Å². The van der Waals surface area contributed by atoms with Crippen molar-refractivity contribution in [1.82, 2.24) is 4.72 Å². The number of aliphatic hydroxyl groups excluding tert-OH is 1. The normalized spacial score (nSPS) is 17.8. The molecule has 1 aromatic rings. The second kappa shape index (κ2) is 5.42. The first-order valence-electron chi connectivity index (χ1n) is 6.77. The lowest BCUT2D eigenvalue weighted by Gasteiger charge is -2.41. The third-order valence-electron chi connectivity index (χ3n) is 4.17. The molecule has 0 unspecified atom stereocenters. The maximum atomic E-state index is 13.8. The van der Waals surface area contributed by atoms with Gasteiger partial charge in [0.2, 0.25) is 10.0 Å². The predicted octanol–water partition coefficient (Wildman–Crippen LogP) is 2.24. The Kier molecular flexibility index (Phi) is 4.18. The highest BCUT2D eigenvalue weighted by molar-refractivity contribution is 7.89. The Balaban J connectivity index is 2.41. The third-order valence-corrected chi connectivity index (χ3v) is 5.87. The van der Waals surface area contributed by atoms with Crippen LogP contribution in [0.25, 0.3) is 0 Å². The van der Waals surface area contributed by atoms with Crippen LogP contribution in [0, 0.1) is 12.7 Å². The third kappa shape index (κ3) is 2.73. The van der Waals surface area contributed by atoms with Crippen molar-refractivity contribution < 1.29 is 17.9 Å². The lowest BCUT2D eigenvalue weighted by molar-refractivity contribution is 0.213. The zero-order valence-electron chi connectivity index (χ0n) is 11.7. The van der Waals surface area contributed by atoms with Crippen molar-refractivity contribution >= 4 is 10.0 Å². The molecule has 4 nitrogen and oxygen atoms in total. The number of halogens is 1. The van der Waals surface area contributed by atoms with Gasteiger partial charge in [-0.05, 0) is 50.3 Å². The van der Waals surface area contributed by atoms with Crippen molar-refractivity contribution in [3.05, 3.63) is 29.1 Å². The second-order valence-electron chi connectivity index (χ2n) is 5.45. The largest absolute Gasteiger partial charge is 0.392 e. The van der Waals surface area contributed by atoms with Gasteiger partial charge in [0, 0.05) is 11.1 Å². The van der Waals surface area contributed by atoms with Crippen LogP contribution in [0.3, 0.4) is 0 Å². The molecule has 1 aliphatic rings. The number of benzene rings is 1. The minimum Gasteiger partial charge on any atom is -0.392 e. The molecule has 2 rings (SSSR count). The van der Waals surface area contributed by atoms with E-state index in [1.54, 1.807) is 0 Å². The quantitative estimate of drug-likeness (QED) is 0.876. The fraction of sp³-hybridized carbons (Fsp3) is 0.571. The zero-order chi connectivity index (χ0) is 15.0. The molecule has 0 bridgehead atoms. The second-order valence-corrected chi connectivity index (χ2v) is 7.10. The van der Waals surface area contributed by atoms with Gasteiger partial charge in [0.15, 0.2) is 0 Å². The van der Waals surface area contributed by atoms with Crippen LogP contribution in [0.5, 0.6) is 0 Å². The van der Waals surface area contributed by atoms with Crippen molar-refractivity contribution in [1.29, 1.82) is 0 Å². The van der Waals surface area contributed by atoms with E-state index in [0.29, 0.717) is 6.42 Å². The Hall–Kier alpha value is -0.980. The number of aliphatic hydroxyl groups is 1. The molecular formula is C14H20FNO3S. The lowest BCUT2D eigenvalue weighted by Crippen LogP contribution is -2.52. The van der Waals surface area contributed by atoms with Gasteiger partial charge in [-0.25, -0.2) is 17.5 Å². The van der Waals surface area contributed by atoms with E-state index in [-0.39, 0.29) is 16.0 Å². The number of hydrogen-bond acceptors (Lipinski definition) is 3. The maximum absolute atomic E-state index is 13.8. The van der Waals surface area contributed by atoms with Crippen molar-refractivity contribution in [3.8, 4) is 0 Å². The number of rotatable bonds is 5. The highest BCUT2D eigenvalue weighted by Gasteiger charge is 2.39. The van der Waals surface area contributed by atoms with E-state index < -0.39 is 28.0 Å². The molecule has 0 heterocycles. The first-order chi connectivity index (χ1) is 9.33. The Morgan fingerprint density at radius 2 is 2.05 bits per heavy atom. The smallest absolute Gasteiger partial charge is 0.241 e. The SMILES string of the molecule is CCC1(NS(=O)(=O)c2cc(CO)cc(F)c2C)CCC1. The van der Waals surface area contributed by atoms with E-state index in [1.165, 1.54) is 13.0 Å². The zero-order valence-corrected chi connectivity index (χ0v) is 12.6. The fourth-order valence-corrected chi connectivity index (χ4v) is 4.38. The van der Waals surface area contributed by atoms with Crippen molar-refractivity contribution in [2.45, 2.75) is 56.6 Å². The van der Waals surface area contributed by atoms with Gasteiger partial charge in [0.25, 0.3) is 0 Å². The van der Waals surface area contributed by atoms with Crippen LogP contribution in [-0.4, -0.2) is 19.1 Å². The molecule has 0 radical (unpaired) electrons. The van der Waals surface area contributed by atoms with Crippen molar-refractivity contribution in [2.75, 3.05) is 0 Å². The summed E-state index contributed by atoms with van der Waals surface area (Å²) in [6, 6.07) is 2.50. The summed E-state index contributed by atoms with van der Waals surface area (Å²) >= 11 is 0. The van der Waals surface area contributed by atoms with Crippen LogP contribution in [0.4, 0.5) is 4.39 Å². The Bertz CT molecular complexity index is 604. The van der Waals surface area contributed by atoms with Gasteiger partial charge < -0.3 is 5.11 Å². The number of nitrogens with one attached hydrogen (secondary N) is 1. The molecule has 0 aromatic heterocycles. The first kappa shape index (κ1) is 15.4. The molecule has 0 saturated heterocycles. The summed E-state index contributed by atoms with van der Waals surface area (Å²) in [7, 11) is -3.78. The molecule has 1 aromatic carbocycles. The minimum absolute atomic E-state index is 0.0822. The number of hydrogen-bond donors (Lipinski definition) is 2. The molecule has 0 atom stereocenters. The van der Waals surface area contributed by atoms with E-state index in [0.717, 1.165) is 25.3 Å². The average molecular weight is 301 g/mol. The molecule has 1 fully saturated rings. The van der Waals surface area contributed by atoms with Gasteiger partial charge >= 0.3 is 0 Å². The van der Waals surface area contributed by atoms with Gasteiger partial charge in [0.05, 0.1) is 11.5 Å². The Labute approximate surface area is 119 Å². The molecule has 0 aliphatic heterocycles. The summed E-state index contributed by atoms with van der Waals surface area (Å²) in [5.74, 6) is -0.615. The lowest BCUT2D eigenvalue weighted by atomic mass is 9.76. The minimum atomic E-state index is -3.78. The molecular weight excluding hydrogens is 281 g/mol. The summed E-state index contributed by atoms with van der Waals surface area (Å²) in [5, 5.41) is 9.10. The topological polar surface area (TPSA) is 66.4 Å². The highest BCUT2D eigenvalue weighted by Crippen LogP contribution is 2.36. The van der Waals surface area contributed by atoms with Crippen LogP contribution in [0.2, 0.25) is 0 Å². The molecule has 0 amide bonds. The van der Waals surface area contributed by atoms with Crippen LogP contribution in [0.15, 0.2) is 17.0 Å². The predicted molar refractivity (Wildman–Crippen MR) is 74.3 cm³/mol. The molecule has 6 heteroatoms. The van der Waals surface area contributed by atoms with E-state index in [2.05, 4.69) is 4.72 Å². The molecule has 0 spiro atoms. The average Bonchev–Trinajstić information content (AvgIpc) is 2.36. The fourth-order valence-electron chi connectivity index (χ4n) is 2.55.